The van der Waals surface area contributed by atoms with E-state index >= 15 is 0 Å². The van der Waals surface area contributed by atoms with Gasteiger partial charge in [0.1, 0.15) is 5.82 Å². The van der Waals surface area contributed by atoms with Gasteiger partial charge < -0.3 is 4.84 Å². The molecule has 0 bridgehead atoms. The van der Waals surface area contributed by atoms with E-state index < -0.39 is 5.82 Å². The lowest BCUT2D eigenvalue weighted by Crippen LogP contribution is -2.22. The van der Waals surface area contributed by atoms with Gasteiger partial charge in [0.2, 0.25) is 5.69 Å². The van der Waals surface area contributed by atoms with Crippen LogP contribution in [0.4, 0.5) is 10.1 Å². The molecule has 0 unspecified atom stereocenters. The molecule has 0 saturated heterocycles. The van der Waals surface area contributed by atoms with E-state index in [-0.39, 0.29) is 21.9 Å². The number of nitrogens with one attached hydrogen (secondary N) is 1. The molecule has 1 aromatic carbocycles. The second-order valence-corrected chi connectivity index (χ2v) is 4.06. The van der Waals surface area contributed by atoms with Gasteiger partial charge in [-0.05, 0) is 44.4 Å². The van der Waals surface area contributed by atoms with Crippen molar-refractivity contribution in [2.75, 3.05) is 0 Å². The molecule has 0 aliphatic heterocycles. The number of amidine groups is 1. The lowest BCUT2D eigenvalue weighted by atomic mass is 10.3. The Kier molecular flexibility index (Phi) is 4.04. The largest absolute Gasteiger partial charge is 0.385 e. The van der Waals surface area contributed by atoms with E-state index in [1.807, 2.05) is 0 Å². The number of aliphatic imine (C=N–C) groups is 1. The van der Waals surface area contributed by atoms with Crippen LogP contribution in [0.2, 0.25) is 0 Å². The summed E-state index contributed by atoms with van der Waals surface area (Å²) in [6, 6.07) is 4.01. The molecule has 0 spiro atoms. The number of hydroxylamine groups is 1. The molecule has 19 heavy (non-hydrogen) atoms. The van der Waals surface area contributed by atoms with Gasteiger partial charge in [-0.2, -0.15) is 5.90 Å². The van der Waals surface area contributed by atoms with Crippen molar-refractivity contribution in [2.45, 2.75) is 0 Å². The number of nitrogens with zero attached hydrogens (tertiary/aromatic N) is 3. The van der Waals surface area contributed by atoms with Gasteiger partial charge in [-0.25, -0.2) is 14.0 Å². The number of halogens is 2. The topological polar surface area (TPSA) is 119 Å². The van der Waals surface area contributed by atoms with Crippen LogP contribution in [0.15, 0.2) is 32.3 Å². The highest BCUT2D eigenvalue weighted by molar-refractivity contribution is 9.10. The summed E-state index contributed by atoms with van der Waals surface area (Å²) < 4.78 is 17.7. The number of benzene rings is 1. The minimum atomic E-state index is -0.438. The second kappa shape index (κ2) is 5.73. The second-order valence-electron chi connectivity index (χ2n) is 3.21. The van der Waals surface area contributed by atoms with Gasteiger partial charge in [0.05, 0.1) is 10.2 Å². The number of hydrogen-bond acceptors (Lipinski definition) is 7. The van der Waals surface area contributed by atoms with Crippen molar-refractivity contribution in [3.63, 3.8) is 0 Å². The first-order valence-electron chi connectivity index (χ1n) is 4.79. The Morgan fingerprint density at radius 3 is 2.95 bits per heavy atom. The van der Waals surface area contributed by atoms with E-state index in [0.29, 0.717) is 5.69 Å². The molecule has 100 valence electrons. The normalized spacial score (nSPS) is 11.5. The van der Waals surface area contributed by atoms with Crippen molar-refractivity contribution in [3.8, 4) is 5.88 Å². The van der Waals surface area contributed by atoms with Crippen molar-refractivity contribution >= 4 is 27.5 Å². The number of aromatic nitrogens is 2. The SMILES string of the molecule is NOc1nonc1C(=Nc1ccc(F)c(Br)c1)NO. The van der Waals surface area contributed by atoms with E-state index in [1.54, 1.807) is 5.48 Å². The van der Waals surface area contributed by atoms with Crippen LogP contribution in [0.25, 0.3) is 0 Å². The van der Waals surface area contributed by atoms with Crippen LogP contribution in [-0.4, -0.2) is 21.4 Å². The Bertz CT molecular complexity index is 618. The maximum atomic E-state index is 13.1. The Morgan fingerprint density at radius 2 is 2.32 bits per heavy atom. The minimum Gasteiger partial charge on any atom is -0.385 e. The maximum absolute atomic E-state index is 13.1. The van der Waals surface area contributed by atoms with E-state index in [4.69, 9.17) is 11.1 Å². The summed E-state index contributed by atoms with van der Waals surface area (Å²) in [4.78, 5) is 8.37. The first-order valence-corrected chi connectivity index (χ1v) is 5.58. The Hall–Kier alpha value is -2.04. The van der Waals surface area contributed by atoms with Crippen molar-refractivity contribution in [1.29, 1.82) is 0 Å². The monoisotopic (exact) mass is 331 g/mol. The van der Waals surface area contributed by atoms with Crippen LogP contribution in [0.3, 0.4) is 0 Å². The molecule has 8 nitrogen and oxygen atoms in total. The summed E-state index contributed by atoms with van der Waals surface area (Å²) in [6.07, 6.45) is 0. The van der Waals surface area contributed by atoms with Crippen molar-refractivity contribution in [3.05, 3.63) is 34.2 Å². The molecule has 4 N–H and O–H groups in total. The quantitative estimate of drug-likeness (QED) is 0.440. The summed E-state index contributed by atoms with van der Waals surface area (Å²) >= 11 is 3.02. The minimum absolute atomic E-state index is 0.0366. The molecule has 1 heterocycles. The van der Waals surface area contributed by atoms with Gasteiger partial charge in [0, 0.05) is 0 Å². The lowest BCUT2D eigenvalue weighted by molar-refractivity contribution is 0.233. The standard InChI is InChI=1S/C9H7BrFN5O3/c10-5-3-4(1-2-6(5)11)13-8(14-17)7-9(18-12)16-19-15-7/h1-3,17H,12H2,(H,13,14). The lowest BCUT2D eigenvalue weighted by Gasteiger charge is -2.02. The van der Waals surface area contributed by atoms with Gasteiger partial charge in [0.15, 0.2) is 5.84 Å². The fraction of sp³-hybridized carbons (Fsp3) is 0. The zero-order valence-corrected chi connectivity index (χ0v) is 10.8. The first kappa shape index (κ1) is 13.4. The Morgan fingerprint density at radius 1 is 1.53 bits per heavy atom. The summed E-state index contributed by atoms with van der Waals surface area (Å²) in [7, 11) is 0. The number of hydrogen-bond donors (Lipinski definition) is 3. The summed E-state index contributed by atoms with van der Waals surface area (Å²) in [5.41, 5.74) is 2.11. The van der Waals surface area contributed by atoms with Crippen molar-refractivity contribution in [1.82, 2.24) is 15.8 Å². The molecule has 0 amide bonds. The first-order chi connectivity index (χ1) is 9.15. The molecular weight excluding hydrogens is 325 g/mol. The highest BCUT2D eigenvalue weighted by atomic mass is 79.9. The van der Waals surface area contributed by atoms with E-state index in [1.165, 1.54) is 18.2 Å². The Balaban J connectivity index is 2.41. The Labute approximate surface area is 114 Å². The van der Waals surface area contributed by atoms with E-state index in [9.17, 15) is 4.39 Å². The maximum Gasteiger partial charge on any atom is 0.308 e. The summed E-state index contributed by atoms with van der Waals surface area (Å²) in [5, 5.41) is 15.8. The van der Waals surface area contributed by atoms with Gasteiger partial charge in [-0.1, -0.05) is 0 Å². The highest BCUT2D eigenvalue weighted by Gasteiger charge is 2.17. The fourth-order valence-corrected chi connectivity index (χ4v) is 1.58. The highest BCUT2D eigenvalue weighted by Crippen LogP contribution is 2.23. The molecule has 2 rings (SSSR count). The molecule has 10 heteroatoms. The summed E-state index contributed by atoms with van der Waals surface area (Å²) in [6.45, 7) is 0. The third-order valence-corrected chi connectivity index (χ3v) is 2.65. The third-order valence-electron chi connectivity index (χ3n) is 2.04. The molecule has 0 aliphatic carbocycles. The summed E-state index contributed by atoms with van der Waals surface area (Å²) in [5.74, 6) is 4.21. The van der Waals surface area contributed by atoms with Crippen molar-refractivity contribution in [2.24, 2.45) is 10.9 Å². The molecule has 0 fully saturated rings. The van der Waals surface area contributed by atoms with Crippen LogP contribution in [0.5, 0.6) is 5.88 Å². The molecule has 0 radical (unpaired) electrons. The van der Waals surface area contributed by atoms with Crippen LogP contribution in [0.1, 0.15) is 5.69 Å². The smallest absolute Gasteiger partial charge is 0.308 e. The van der Waals surface area contributed by atoms with E-state index in [0.717, 1.165) is 0 Å². The number of rotatable bonds is 3. The average molecular weight is 332 g/mol. The molecule has 2 aromatic rings. The van der Waals surface area contributed by atoms with Crippen LogP contribution >= 0.6 is 15.9 Å². The third kappa shape index (κ3) is 2.86. The van der Waals surface area contributed by atoms with Crippen LogP contribution < -0.4 is 16.2 Å². The number of nitrogens with two attached hydrogens (primary N) is 1. The van der Waals surface area contributed by atoms with Crippen molar-refractivity contribution < 1.29 is 19.1 Å². The molecule has 0 atom stereocenters. The van der Waals surface area contributed by atoms with Gasteiger partial charge in [-0.15, -0.1) is 0 Å². The fourth-order valence-electron chi connectivity index (χ4n) is 1.22. The van der Waals surface area contributed by atoms with E-state index in [2.05, 4.69) is 40.7 Å². The average Bonchev–Trinajstić information content (AvgIpc) is 2.88. The van der Waals surface area contributed by atoms with Gasteiger partial charge in [0.25, 0.3) is 0 Å². The predicted molar refractivity (Wildman–Crippen MR) is 64.3 cm³/mol. The zero-order chi connectivity index (χ0) is 13.8. The van der Waals surface area contributed by atoms with Gasteiger partial charge in [-0.3, -0.25) is 10.7 Å². The predicted octanol–water partition coefficient (Wildman–Crippen LogP) is 1.28. The zero-order valence-electron chi connectivity index (χ0n) is 9.17. The van der Waals surface area contributed by atoms with Gasteiger partial charge >= 0.3 is 5.88 Å². The molecular formula is C9H7BrFN5O3. The molecule has 0 saturated carbocycles. The molecule has 1 aromatic heterocycles. The van der Waals surface area contributed by atoms with Crippen LogP contribution in [-0.2, 0) is 0 Å². The van der Waals surface area contributed by atoms with Crippen LogP contribution in [0, 0.1) is 5.82 Å². The molecule has 0 aliphatic rings.